The number of carbonyl (C=O) groups is 1. The van der Waals surface area contributed by atoms with Crippen LogP contribution in [-0.4, -0.2) is 65.0 Å². The molecule has 1 amide bonds. The number of alkyl halides is 3. The number of carbonyl (C=O) groups excluding carboxylic acids is 1. The molecule has 0 spiro atoms. The highest BCUT2D eigenvalue weighted by atomic mass is 19.4. The quantitative estimate of drug-likeness (QED) is 0.740. The van der Waals surface area contributed by atoms with Crippen LogP contribution in [0.3, 0.4) is 0 Å². The molecule has 31 heavy (non-hydrogen) atoms. The van der Waals surface area contributed by atoms with Crippen molar-refractivity contribution in [1.29, 1.82) is 0 Å². The van der Waals surface area contributed by atoms with Gasteiger partial charge in [-0.25, -0.2) is 15.0 Å². The number of halogens is 3. The van der Waals surface area contributed by atoms with E-state index in [1.165, 1.54) is 6.07 Å². The topological polar surface area (TPSA) is 65.5 Å². The fraction of sp³-hybridized carbons (Fsp3) is 0.524. The van der Waals surface area contributed by atoms with E-state index in [4.69, 9.17) is 0 Å². The van der Waals surface area contributed by atoms with Gasteiger partial charge in [0.1, 0.15) is 5.82 Å². The molecule has 0 radical (unpaired) electrons. The zero-order valence-corrected chi connectivity index (χ0v) is 17.1. The number of anilines is 2. The van der Waals surface area contributed by atoms with Crippen molar-refractivity contribution in [2.75, 3.05) is 49.1 Å². The molecule has 0 N–H and O–H groups in total. The van der Waals surface area contributed by atoms with Crippen LogP contribution >= 0.6 is 0 Å². The number of pyridine rings is 1. The molecule has 166 valence electrons. The minimum atomic E-state index is -4.40. The zero-order valence-electron chi connectivity index (χ0n) is 17.1. The molecule has 0 aromatic carbocycles. The number of hydrogen-bond acceptors (Lipinski definition) is 6. The van der Waals surface area contributed by atoms with E-state index in [-0.39, 0.29) is 11.8 Å². The highest BCUT2D eigenvalue weighted by Crippen LogP contribution is 2.29. The number of piperidine rings is 1. The van der Waals surface area contributed by atoms with Gasteiger partial charge in [0.2, 0.25) is 11.9 Å². The van der Waals surface area contributed by atoms with E-state index in [0.29, 0.717) is 44.5 Å². The molecular weight excluding hydrogens is 409 g/mol. The van der Waals surface area contributed by atoms with Crippen LogP contribution in [0.5, 0.6) is 0 Å². The van der Waals surface area contributed by atoms with Gasteiger partial charge >= 0.3 is 6.18 Å². The van der Waals surface area contributed by atoms with Gasteiger partial charge < -0.3 is 14.7 Å². The van der Waals surface area contributed by atoms with E-state index in [9.17, 15) is 18.0 Å². The van der Waals surface area contributed by atoms with Crippen LogP contribution in [0.1, 0.15) is 24.8 Å². The molecule has 1 atom stereocenters. The molecule has 2 aliphatic rings. The second-order valence-electron chi connectivity index (χ2n) is 7.90. The van der Waals surface area contributed by atoms with Crippen molar-refractivity contribution in [3.63, 3.8) is 0 Å². The number of amides is 1. The van der Waals surface area contributed by atoms with Crippen LogP contribution < -0.4 is 9.80 Å². The van der Waals surface area contributed by atoms with Crippen molar-refractivity contribution >= 4 is 17.7 Å². The fourth-order valence-corrected chi connectivity index (χ4v) is 4.18. The summed E-state index contributed by atoms with van der Waals surface area (Å²) in [4.78, 5) is 31.6. The lowest BCUT2D eigenvalue weighted by Gasteiger charge is -2.34. The van der Waals surface area contributed by atoms with Gasteiger partial charge in [0.15, 0.2) is 0 Å². The summed E-state index contributed by atoms with van der Waals surface area (Å²) < 4.78 is 38.3. The molecule has 1 unspecified atom stereocenters. The average Bonchev–Trinajstić information content (AvgIpc) is 3.05. The Balaban J connectivity index is 1.36. The van der Waals surface area contributed by atoms with E-state index >= 15 is 0 Å². The van der Waals surface area contributed by atoms with Crippen molar-refractivity contribution in [1.82, 2.24) is 19.9 Å². The molecule has 10 heteroatoms. The maximum absolute atomic E-state index is 13.2. The molecule has 2 saturated heterocycles. The van der Waals surface area contributed by atoms with Gasteiger partial charge in [0.25, 0.3) is 0 Å². The van der Waals surface area contributed by atoms with Gasteiger partial charge in [-0.3, -0.25) is 4.79 Å². The summed E-state index contributed by atoms with van der Waals surface area (Å²) in [5.74, 6) is 1.18. The molecule has 0 saturated carbocycles. The molecule has 0 bridgehead atoms. The molecule has 4 rings (SSSR count). The Bertz CT molecular complexity index is 877. The predicted octanol–water partition coefficient (Wildman–Crippen LogP) is 2.85. The minimum Gasteiger partial charge on any atom is -0.355 e. The van der Waals surface area contributed by atoms with Gasteiger partial charge in [0, 0.05) is 57.9 Å². The Kier molecular flexibility index (Phi) is 6.24. The Hall–Kier alpha value is -2.91. The van der Waals surface area contributed by atoms with Crippen LogP contribution in [0.2, 0.25) is 0 Å². The van der Waals surface area contributed by atoms with E-state index in [1.54, 1.807) is 18.5 Å². The molecule has 2 aromatic heterocycles. The number of aromatic nitrogens is 3. The second kappa shape index (κ2) is 9.07. The Morgan fingerprint density at radius 3 is 2.42 bits per heavy atom. The van der Waals surface area contributed by atoms with Crippen molar-refractivity contribution < 1.29 is 18.0 Å². The Morgan fingerprint density at radius 2 is 1.71 bits per heavy atom. The van der Waals surface area contributed by atoms with E-state index in [1.807, 2.05) is 9.80 Å². The molecular formula is C21H25F3N6O. The summed E-state index contributed by atoms with van der Waals surface area (Å²) in [6, 6.07) is 4.22. The zero-order chi connectivity index (χ0) is 21.8. The summed E-state index contributed by atoms with van der Waals surface area (Å²) in [7, 11) is 0. The van der Waals surface area contributed by atoms with Gasteiger partial charge in [0.05, 0.1) is 11.5 Å². The molecule has 2 aromatic rings. The van der Waals surface area contributed by atoms with Crippen LogP contribution in [0.25, 0.3) is 0 Å². The van der Waals surface area contributed by atoms with Crippen molar-refractivity contribution in [2.45, 2.75) is 25.4 Å². The third-order valence-electron chi connectivity index (χ3n) is 5.81. The first kappa shape index (κ1) is 21.3. The number of rotatable bonds is 3. The molecule has 4 heterocycles. The van der Waals surface area contributed by atoms with Crippen LogP contribution in [-0.2, 0) is 11.0 Å². The lowest BCUT2D eigenvalue weighted by atomic mass is 9.96. The van der Waals surface area contributed by atoms with Crippen molar-refractivity contribution in [3.05, 3.63) is 42.4 Å². The molecule has 2 aliphatic heterocycles. The second-order valence-corrected chi connectivity index (χ2v) is 7.90. The largest absolute Gasteiger partial charge is 0.417 e. The van der Waals surface area contributed by atoms with Crippen molar-refractivity contribution in [3.8, 4) is 0 Å². The summed E-state index contributed by atoms with van der Waals surface area (Å²) in [5, 5.41) is 0. The number of nitrogens with zero attached hydrogens (tertiary/aromatic N) is 6. The summed E-state index contributed by atoms with van der Waals surface area (Å²) >= 11 is 0. The standard InChI is InChI=1S/C21H25F3N6O/c22-21(23,24)17-5-6-18(27-14-17)28-10-3-11-29(13-12-28)19(31)16-4-1-9-30(15-16)20-25-7-2-8-26-20/h2,5-8,14,16H,1,3-4,9-13,15H2. The minimum absolute atomic E-state index is 0.103. The maximum Gasteiger partial charge on any atom is 0.417 e. The molecule has 7 nitrogen and oxygen atoms in total. The molecule has 0 aliphatic carbocycles. The van der Waals surface area contributed by atoms with Crippen LogP contribution in [0, 0.1) is 5.92 Å². The highest BCUT2D eigenvalue weighted by Gasteiger charge is 2.32. The van der Waals surface area contributed by atoms with E-state index < -0.39 is 11.7 Å². The first-order chi connectivity index (χ1) is 14.9. The van der Waals surface area contributed by atoms with E-state index in [2.05, 4.69) is 19.9 Å². The number of hydrogen-bond donors (Lipinski definition) is 0. The first-order valence-electron chi connectivity index (χ1n) is 10.5. The lowest BCUT2D eigenvalue weighted by molar-refractivity contribution is -0.138. The normalized spacial score (nSPS) is 20.5. The summed E-state index contributed by atoms with van der Waals surface area (Å²) in [6.45, 7) is 3.79. The van der Waals surface area contributed by atoms with E-state index in [0.717, 1.165) is 38.1 Å². The van der Waals surface area contributed by atoms with Gasteiger partial charge in [-0.2, -0.15) is 13.2 Å². The van der Waals surface area contributed by atoms with Crippen LogP contribution in [0.15, 0.2) is 36.8 Å². The van der Waals surface area contributed by atoms with Gasteiger partial charge in [-0.1, -0.05) is 0 Å². The molecule has 2 fully saturated rings. The monoisotopic (exact) mass is 434 g/mol. The summed E-state index contributed by atoms with van der Waals surface area (Å²) in [6.07, 6.45) is 2.36. The predicted molar refractivity (Wildman–Crippen MR) is 110 cm³/mol. The Labute approximate surface area is 178 Å². The highest BCUT2D eigenvalue weighted by molar-refractivity contribution is 5.79. The maximum atomic E-state index is 13.2. The summed E-state index contributed by atoms with van der Waals surface area (Å²) in [5.41, 5.74) is -0.757. The fourth-order valence-electron chi connectivity index (χ4n) is 4.18. The van der Waals surface area contributed by atoms with Crippen molar-refractivity contribution in [2.24, 2.45) is 5.92 Å². The third-order valence-corrected chi connectivity index (χ3v) is 5.81. The smallest absolute Gasteiger partial charge is 0.355 e. The SMILES string of the molecule is O=C(C1CCCN(c2ncccn2)C1)N1CCCN(c2ccc(C(F)(F)F)cn2)CC1. The Morgan fingerprint density at radius 1 is 0.935 bits per heavy atom. The third kappa shape index (κ3) is 5.05. The average molecular weight is 434 g/mol. The van der Waals surface area contributed by atoms with Crippen LogP contribution in [0.4, 0.5) is 24.9 Å². The van der Waals surface area contributed by atoms with Gasteiger partial charge in [-0.15, -0.1) is 0 Å². The van der Waals surface area contributed by atoms with Gasteiger partial charge in [-0.05, 0) is 37.5 Å². The lowest BCUT2D eigenvalue weighted by Crippen LogP contribution is -2.46. The first-order valence-corrected chi connectivity index (χ1v) is 10.5.